The highest BCUT2D eigenvalue weighted by Crippen LogP contribution is 2.36. The van der Waals surface area contributed by atoms with Gasteiger partial charge in [-0.15, -0.1) is 0 Å². The molecular weight excluding hydrogens is 212 g/mol. The van der Waals surface area contributed by atoms with Gasteiger partial charge in [0.2, 0.25) is 0 Å². The van der Waals surface area contributed by atoms with Gasteiger partial charge in [-0.05, 0) is 25.5 Å². The molecule has 0 radical (unpaired) electrons. The lowest BCUT2D eigenvalue weighted by atomic mass is 10.0. The van der Waals surface area contributed by atoms with Gasteiger partial charge in [0.15, 0.2) is 0 Å². The molecule has 3 rings (SSSR count). The summed E-state index contributed by atoms with van der Waals surface area (Å²) in [5.74, 6) is 0.217. The second kappa shape index (κ2) is 3.84. The fraction of sp³-hybridized carbons (Fsp3) is 0.500. The summed E-state index contributed by atoms with van der Waals surface area (Å²) in [7, 11) is 0. The van der Waals surface area contributed by atoms with Crippen LogP contribution < -0.4 is 0 Å². The maximum Gasteiger partial charge on any atom is 0.254 e. The number of piperazine rings is 1. The van der Waals surface area contributed by atoms with Gasteiger partial charge in [-0.3, -0.25) is 9.69 Å². The molecule has 0 aliphatic carbocycles. The predicted octanol–water partition coefficient (Wildman–Crippen LogP) is 1.91. The minimum Gasteiger partial charge on any atom is -0.329 e. The third-order valence-corrected chi connectivity index (χ3v) is 3.95. The molecule has 0 N–H and O–H groups in total. The number of rotatable bonds is 1. The van der Waals surface area contributed by atoms with E-state index in [9.17, 15) is 4.79 Å². The van der Waals surface area contributed by atoms with Crippen molar-refractivity contribution < 1.29 is 4.79 Å². The van der Waals surface area contributed by atoms with Gasteiger partial charge in [0.05, 0.1) is 6.04 Å². The Morgan fingerprint density at radius 3 is 2.76 bits per heavy atom. The lowest BCUT2D eigenvalue weighted by Gasteiger charge is -2.39. The normalized spacial score (nSPS) is 24.1. The third-order valence-electron chi connectivity index (χ3n) is 3.95. The second-order valence-electron chi connectivity index (χ2n) is 5.19. The Hall–Kier alpha value is -1.35. The van der Waals surface area contributed by atoms with Crippen molar-refractivity contribution in [2.24, 2.45) is 0 Å². The van der Waals surface area contributed by atoms with Crippen LogP contribution in [0.4, 0.5) is 0 Å². The van der Waals surface area contributed by atoms with E-state index < -0.39 is 0 Å². The van der Waals surface area contributed by atoms with E-state index in [2.05, 4.69) is 24.8 Å². The lowest BCUT2D eigenvalue weighted by molar-refractivity contribution is 0.0458. The molecule has 2 aliphatic rings. The van der Waals surface area contributed by atoms with Crippen molar-refractivity contribution in [3.05, 3.63) is 35.4 Å². The van der Waals surface area contributed by atoms with Gasteiger partial charge < -0.3 is 4.90 Å². The first kappa shape index (κ1) is 10.8. The molecule has 3 heteroatoms. The summed E-state index contributed by atoms with van der Waals surface area (Å²) >= 11 is 0. The fourth-order valence-electron chi connectivity index (χ4n) is 2.92. The molecule has 3 nitrogen and oxygen atoms in total. The van der Waals surface area contributed by atoms with Crippen LogP contribution in [0.25, 0.3) is 0 Å². The summed E-state index contributed by atoms with van der Waals surface area (Å²) in [4.78, 5) is 16.7. The van der Waals surface area contributed by atoms with Crippen molar-refractivity contribution in [2.75, 3.05) is 19.6 Å². The Balaban J connectivity index is 1.95. The minimum absolute atomic E-state index is 0.217. The number of carbonyl (C=O) groups is 1. The molecular formula is C14H18N2O. The minimum atomic E-state index is 0.217. The number of amides is 1. The van der Waals surface area contributed by atoms with Crippen molar-refractivity contribution in [1.29, 1.82) is 0 Å². The van der Waals surface area contributed by atoms with E-state index in [0.29, 0.717) is 6.04 Å². The molecule has 0 spiro atoms. The summed E-state index contributed by atoms with van der Waals surface area (Å²) in [6.07, 6.45) is 0. The number of hydrogen-bond donors (Lipinski definition) is 0. The predicted molar refractivity (Wildman–Crippen MR) is 66.9 cm³/mol. The number of benzene rings is 1. The molecule has 1 fully saturated rings. The van der Waals surface area contributed by atoms with Gasteiger partial charge in [-0.25, -0.2) is 0 Å². The molecule has 0 bridgehead atoms. The summed E-state index contributed by atoms with van der Waals surface area (Å²) in [6.45, 7) is 7.27. The first-order chi connectivity index (χ1) is 8.18. The van der Waals surface area contributed by atoms with Crippen molar-refractivity contribution in [1.82, 2.24) is 9.80 Å². The van der Waals surface area contributed by atoms with Crippen LogP contribution in [0.3, 0.4) is 0 Å². The summed E-state index contributed by atoms with van der Waals surface area (Å²) in [6, 6.07) is 8.87. The van der Waals surface area contributed by atoms with Crippen LogP contribution in [0.5, 0.6) is 0 Å². The van der Waals surface area contributed by atoms with Gasteiger partial charge in [0.25, 0.3) is 5.91 Å². The van der Waals surface area contributed by atoms with Crippen LogP contribution in [-0.4, -0.2) is 41.4 Å². The average molecular weight is 230 g/mol. The average Bonchev–Trinajstić information content (AvgIpc) is 2.64. The van der Waals surface area contributed by atoms with E-state index >= 15 is 0 Å². The number of nitrogens with zero attached hydrogens (tertiary/aromatic N) is 2. The number of hydrogen-bond acceptors (Lipinski definition) is 2. The van der Waals surface area contributed by atoms with Gasteiger partial charge >= 0.3 is 0 Å². The van der Waals surface area contributed by atoms with Crippen molar-refractivity contribution in [3.8, 4) is 0 Å². The van der Waals surface area contributed by atoms with Gasteiger partial charge in [0.1, 0.15) is 0 Å². The van der Waals surface area contributed by atoms with Crippen LogP contribution >= 0.6 is 0 Å². The van der Waals surface area contributed by atoms with E-state index in [1.54, 1.807) is 0 Å². The molecule has 1 saturated heterocycles. The van der Waals surface area contributed by atoms with Gasteiger partial charge in [-0.2, -0.15) is 0 Å². The molecule has 17 heavy (non-hydrogen) atoms. The van der Waals surface area contributed by atoms with Gasteiger partial charge in [0, 0.05) is 31.2 Å². The number of fused-ring (bicyclic) bond motifs is 3. The zero-order valence-electron chi connectivity index (χ0n) is 10.4. The Morgan fingerprint density at radius 1 is 1.24 bits per heavy atom. The van der Waals surface area contributed by atoms with Gasteiger partial charge in [-0.1, -0.05) is 18.2 Å². The summed E-state index contributed by atoms with van der Waals surface area (Å²) in [5.41, 5.74) is 2.12. The van der Waals surface area contributed by atoms with Crippen LogP contribution in [0.1, 0.15) is 35.8 Å². The fourth-order valence-corrected chi connectivity index (χ4v) is 2.92. The zero-order chi connectivity index (χ0) is 12.0. The third kappa shape index (κ3) is 1.57. The van der Waals surface area contributed by atoms with Crippen molar-refractivity contribution in [2.45, 2.75) is 25.9 Å². The maximum atomic E-state index is 12.2. The largest absolute Gasteiger partial charge is 0.329 e. The molecule has 0 unspecified atom stereocenters. The molecule has 1 aromatic rings. The van der Waals surface area contributed by atoms with Crippen molar-refractivity contribution in [3.63, 3.8) is 0 Å². The Bertz CT molecular complexity index is 455. The van der Waals surface area contributed by atoms with Crippen LogP contribution in [-0.2, 0) is 0 Å². The monoisotopic (exact) mass is 230 g/mol. The number of carbonyl (C=O) groups excluding carboxylic acids is 1. The van der Waals surface area contributed by atoms with Crippen LogP contribution in [0.2, 0.25) is 0 Å². The smallest absolute Gasteiger partial charge is 0.254 e. The molecule has 0 aromatic heterocycles. The second-order valence-corrected chi connectivity index (χ2v) is 5.19. The summed E-state index contributed by atoms with van der Waals surface area (Å²) < 4.78 is 0. The quantitative estimate of drug-likeness (QED) is 0.735. The van der Waals surface area contributed by atoms with E-state index in [4.69, 9.17) is 0 Å². The molecule has 2 aliphatic heterocycles. The summed E-state index contributed by atoms with van der Waals surface area (Å²) in [5, 5.41) is 0. The lowest BCUT2D eigenvalue weighted by Crippen LogP contribution is -2.49. The first-order valence-corrected chi connectivity index (χ1v) is 6.32. The highest BCUT2D eigenvalue weighted by Gasteiger charge is 2.40. The molecule has 90 valence electrons. The molecule has 1 atom stereocenters. The highest BCUT2D eigenvalue weighted by atomic mass is 16.2. The zero-order valence-corrected chi connectivity index (χ0v) is 10.4. The topological polar surface area (TPSA) is 23.6 Å². The molecule has 2 heterocycles. The van der Waals surface area contributed by atoms with Crippen LogP contribution in [0, 0.1) is 0 Å². The Kier molecular flexibility index (Phi) is 2.44. The Morgan fingerprint density at radius 2 is 2.00 bits per heavy atom. The van der Waals surface area contributed by atoms with Crippen LogP contribution in [0.15, 0.2) is 24.3 Å². The first-order valence-electron chi connectivity index (χ1n) is 6.32. The van der Waals surface area contributed by atoms with E-state index in [1.165, 1.54) is 5.56 Å². The molecule has 1 aromatic carbocycles. The SMILES string of the molecule is CC(C)N1CCN2C(=O)c3ccccc3[C@H]2C1. The highest BCUT2D eigenvalue weighted by molar-refractivity contribution is 5.99. The molecule has 0 saturated carbocycles. The van der Waals surface area contributed by atoms with E-state index in [1.807, 2.05) is 23.1 Å². The van der Waals surface area contributed by atoms with E-state index in [0.717, 1.165) is 25.2 Å². The standard InChI is InChI=1S/C14H18N2O/c1-10(2)15-7-8-16-13(9-15)11-5-3-4-6-12(11)14(16)17/h3-6,10,13H,7-9H2,1-2H3/t13-/m1/s1. The molecule has 1 amide bonds. The Labute approximate surface area is 102 Å². The van der Waals surface area contributed by atoms with E-state index in [-0.39, 0.29) is 11.9 Å². The van der Waals surface area contributed by atoms with Crippen molar-refractivity contribution >= 4 is 5.91 Å². The maximum absolute atomic E-state index is 12.2.